The van der Waals surface area contributed by atoms with Crippen LogP contribution in [0.3, 0.4) is 0 Å². The first kappa shape index (κ1) is 11.2. The van der Waals surface area contributed by atoms with Crippen molar-refractivity contribution in [3.05, 3.63) is 53.2 Å². The van der Waals surface area contributed by atoms with Gasteiger partial charge in [0, 0.05) is 40.4 Å². The SMILES string of the molecule is CC(Nc1cccc2cnccc12)c1nccs1. The van der Waals surface area contributed by atoms with E-state index in [0.29, 0.717) is 0 Å². The lowest BCUT2D eigenvalue weighted by molar-refractivity contribution is 0.871. The smallest absolute Gasteiger partial charge is 0.115 e. The van der Waals surface area contributed by atoms with Gasteiger partial charge in [-0.3, -0.25) is 4.98 Å². The molecule has 0 aliphatic heterocycles. The lowest BCUT2D eigenvalue weighted by atomic mass is 10.1. The number of hydrogen-bond acceptors (Lipinski definition) is 4. The first-order chi connectivity index (χ1) is 8.84. The van der Waals surface area contributed by atoms with Crippen LogP contribution in [0.1, 0.15) is 18.0 Å². The van der Waals surface area contributed by atoms with Gasteiger partial charge in [-0.2, -0.15) is 0 Å². The van der Waals surface area contributed by atoms with Crippen LogP contribution in [0.5, 0.6) is 0 Å². The molecule has 0 spiro atoms. The fraction of sp³-hybridized carbons (Fsp3) is 0.143. The Morgan fingerprint density at radius 1 is 1.22 bits per heavy atom. The van der Waals surface area contributed by atoms with Crippen molar-refractivity contribution in [1.29, 1.82) is 0 Å². The average Bonchev–Trinajstić information content (AvgIpc) is 2.93. The van der Waals surface area contributed by atoms with Gasteiger partial charge in [0.15, 0.2) is 0 Å². The van der Waals surface area contributed by atoms with Gasteiger partial charge < -0.3 is 5.32 Å². The third kappa shape index (κ3) is 2.07. The van der Waals surface area contributed by atoms with E-state index in [9.17, 15) is 0 Å². The first-order valence-corrected chi connectivity index (χ1v) is 6.71. The molecule has 18 heavy (non-hydrogen) atoms. The number of hydrogen-bond donors (Lipinski definition) is 1. The molecule has 0 saturated carbocycles. The maximum absolute atomic E-state index is 4.34. The summed E-state index contributed by atoms with van der Waals surface area (Å²) in [5.41, 5.74) is 1.12. The number of rotatable bonds is 3. The Hall–Kier alpha value is -1.94. The van der Waals surface area contributed by atoms with Gasteiger partial charge in [0.1, 0.15) is 5.01 Å². The first-order valence-electron chi connectivity index (χ1n) is 5.83. The van der Waals surface area contributed by atoms with E-state index in [1.807, 2.05) is 36.1 Å². The topological polar surface area (TPSA) is 37.8 Å². The molecule has 0 fully saturated rings. The summed E-state index contributed by atoms with van der Waals surface area (Å²) >= 11 is 1.67. The molecular formula is C14H13N3S. The summed E-state index contributed by atoms with van der Waals surface area (Å²) in [6.07, 6.45) is 5.54. The Bertz CT molecular complexity index is 644. The van der Waals surface area contributed by atoms with Gasteiger partial charge in [-0.25, -0.2) is 4.98 Å². The lowest BCUT2D eigenvalue weighted by Crippen LogP contribution is -2.06. The van der Waals surface area contributed by atoms with Crippen molar-refractivity contribution in [1.82, 2.24) is 9.97 Å². The number of nitrogens with zero attached hydrogens (tertiary/aromatic N) is 2. The zero-order valence-electron chi connectivity index (χ0n) is 10.00. The lowest BCUT2D eigenvalue weighted by Gasteiger charge is -2.14. The van der Waals surface area contributed by atoms with Crippen LogP contribution in [0.25, 0.3) is 10.8 Å². The maximum atomic E-state index is 4.34. The summed E-state index contributed by atoms with van der Waals surface area (Å²) in [4.78, 5) is 8.48. The molecule has 3 rings (SSSR count). The summed E-state index contributed by atoms with van der Waals surface area (Å²) in [6.45, 7) is 2.12. The van der Waals surface area contributed by atoms with Crippen molar-refractivity contribution in [2.45, 2.75) is 13.0 Å². The highest BCUT2D eigenvalue weighted by atomic mass is 32.1. The Morgan fingerprint density at radius 2 is 2.17 bits per heavy atom. The summed E-state index contributed by atoms with van der Waals surface area (Å²) in [5, 5.41) is 8.94. The molecule has 0 bridgehead atoms. The number of anilines is 1. The van der Waals surface area contributed by atoms with Crippen LogP contribution < -0.4 is 5.32 Å². The molecule has 2 aromatic heterocycles. The largest absolute Gasteiger partial charge is 0.376 e. The van der Waals surface area contributed by atoms with E-state index in [1.165, 1.54) is 5.39 Å². The Balaban J connectivity index is 1.95. The molecule has 2 heterocycles. The number of aromatic nitrogens is 2. The van der Waals surface area contributed by atoms with Crippen LogP contribution in [0, 0.1) is 0 Å². The number of thiazole rings is 1. The van der Waals surface area contributed by atoms with E-state index in [-0.39, 0.29) is 6.04 Å². The van der Waals surface area contributed by atoms with Crippen LogP contribution >= 0.6 is 11.3 Å². The van der Waals surface area contributed by atoms with Gasteiger partial charge in [-0.05, 0) is 19.1 Å². The highest BCUT2D eigenvalue weighted by molar-refractivity contribution is 7.09. The van der Waals surface area contributed by atoms with Gasteiger partial charge in [-0.15, -0.1) is 11.3 Å². The van der Waals surface area contributed by atoms with Crippen molar-refractivity contribution in [3.8, 4) is 0 Å². The fourth-order valence-corrected chi connectivity index (χ4v) is 2.64. The van der Waals surface area contributed by atoms with Crippen molar-refractivity contribution < 1.29 is 0 Å². The Morgan fingerprint density at radius 3 is 3.00 bits per heavy atom. The molecule has 0 radical (unpaired) electrons. The molecule has 1 atom stereocenters. The number of nitrogens with one attached hydrogen (secondary N) is 1. The van der Waals surface area contributed by atoms with Crippen molar-refractivity contribution in [2.75, 3.05) is 5.32 Å². The van der Waals surface area contributed by atoms with Crippen molar-refractivity contribution in [3.63, 3.8) is 0 Å². The summed E-state index contributed by atoms with van der Waals surface area (Å²) in [7, 11) is 0. The van der Waals surface area contributed by atoms with Crippen LogP contribution in [0.15, 0.2) is 48.2 Å². The molecule has 90 valence electrons. The van der Waals surface area contributed by atoms with Crippen molar-refractivity contribution >= 4 is 27.8 Å². The molecule has 0 aliphatic carbocycles. The van der Waals surface area contributed by atoms with E-state index in [0.717, 1.165) is 16.1 Å². The van der Waals surface area contributed by atoms with E-state index in [2.05, 4.69) is 34.3 Å². The summed E-state index contributed by atoms with van der Waals surface area (Å²) < 4.78 is 0. The van der Waals surface area contributed by atoms with E-state index < -0.39 is 0 Å². The molecule has 0 aliphatic rings. The quantitative estimate of drug-likeness (QED) is 0.772. The monoisotopic (exact) mass is 255 g/mol. The third-order valence-corrected chi connectivity index (χ3v) is 3.83. The van der Waals surface area contributed by atoms with Crippen LogP contribution in [0.4, 0.5) is 5.69 Å². The maximum Gasteiger partial charge on any atom is 0.115 e. The van der Waals surface area contributed by atoms with Gasteiger partial charge in [0.25, 0.3) is 0 Å². The standard InChI is InChI=1S/C14H13N3S/c1-10(14-16-7-8-18-14)17-13-4-2-3-11-9-15-6-5-12(11)13/h2-10,17H,1H3. The van der Waals surface area contributed by atoms with Gasteiger partial charge in [0.2, 0.25) is 0 Å². The number of benzene rings is 1. The third-order valence-electron chi connectivity index (χ3n) is 2.87. The second kappa shape index (κ2) is 4.74. The predicted molar refractivity (Wildman–Crippen MR) is 75.9 cm³/mol. The average molecular weight is 255 g/mol. The Kier molecular flexibility index (Phi) is 2.94. The van der Waals surface area contributed by atoms with Gasteiger partial charge in [0.05, 0.1) is 6.04 Å². The molecule has 3 nitrogen and oxygen atoms in total. The predicted octanol–water partition coefficient (Wildman–Crippen LogP) is 3.86. The molecule has 0 saturated heterocycles. The van der Waals surface area contributed by atoms with Crippen molar-refractivity contribution in [2.24, 2.45) is 0 Å². The van der Waals surface area contributed by atoms with Crippen LogP contribution in [-0.4, -0.2) is 9.97 Å². The normalized spacial score (nSPS) is 12.5. The number of pyridine rings is 1. The van der Waals surface area contributed by atoms with Gasteiger partial charge >= 0.3 is 0 Å². The highest BCUT2D eigenvalue weighted by Gasteiger charge is 2.09. The molecule has 0 amide bonds. The zero-order chi connectivity index (χ0) is 12.4. The van der Waals surface area contributed by atoms with Gasteiger partial charge in [-0.1, -0.05) is 12.1 Å². The molecule has 1 aromatic carbocycles. The molecule has 1 unspecified atom stereocenters. The minimum atomic E-state index is 0.212. The minimum Gasteiger partial charge on any atom is -0.376 e. The van der Waals surface area contributed by atoms with Crippen LogP contribution in [0.2, 0.25) is 0 Å². The highest BCUT2D eigenvalue weighted by Crippen LogP contribution is 2.26. The Labute approximate surface area is 110 Å². The van der Waals surface area contributed by atoms with E-state index >= 15 is 0 Å². The second-order valence-electron chi connectivity index (χ2n) is 4.14. The summed E-state index contributed by atoms with van der Waals surface area (Å²) in [5.74, 6) is 0. The van der Waals surface area contributed by atoms with E-state index in [1.54, 1.807) is 11.3 Å². The minimum absolute atomic E-state index is 0.212. The molecule has 1 N–H and O–H groups in total. The summed E-state index contributed by atoms with van der Waals surface area (Å²) in [6, 6.07) is 8.45. The molecule has 4 heteroatoms. The van der Waals surface area contributed by atoms with E-state index in [4.69, 9.17) is 0 Å². The second-order valence-corrected chi connectivity index (χ2v) is 5.06. The van der Waals surface area contributed by atoms with Crippen LogP contribution in [-0.2, 0) is 0 Å². The zero-order valence-corrected chi connectivity index (χ0v) is 10.8. The molecule has 3 aromatic rings. The fourth-order valence-electron chi connectivity index (χ4n) is 1.99. The molecular weight excluding hydrogens is 242 g/mol. The number of fused-ring (bicyclic) bond motifs is 1.